The topological polar surface area (TPSA) is 102 Å². The Morgan fingerprint density at radius 3 is 2.63 bits per heavy atom. The first-order valence-electron chi connectivity index (χ1n) is 12.3. The molecule has 0 unspecified atom stereocenters. The van der Waals surface area contributed by atoms with Gasteiger partial charge in [0.2, 0.25) is 5.95 Å². The molecule has 1 saturated heterocycles. The molecule has 2 aliphatic rings. The second-order valence-electron chi connectivity index (χ2n) is 9.13. The van der Waals surface area contributed by atoms with Crippen molar-refractivity contribution >= 4 is 75.7 Å². The molecular weight excluding hydrogens is 569 g/mol. The molecule has 0 bridgehead atoms. The van der Waals surface area contributed by atoms with E-state index in [-0.39, 0.29) is 36.8 Å². The van der Waals surface area contributed by atoms with Crippen LogP contribution in [-0.4, -0.2) is 84.1 Å². The predicted octanol–water partition coefficient (Wildman–Crippen LogP) is 4.51. The predicted molar refractivity (Wildman–Crippen MR) is 158 cm³/mol. The third-order valence-electron chi connectivity index (χ3n) is 6.50. The molecule has 1 aromatic carbocycles. The van der Waals surface area contributed by atoms with Crippen molar-refractivity contribution in [3.8, 4) is 10.6 Å². The van der Waals surface area contributed by atoms with Crippen LogP contribution < -0.4 is 16.0 Å². The van der Waals surface area contributed by atoms with E-state index in [4.69, 9.17) is 11.6 Å². The Kier molecular flexibility index (Phi) is 10.8. The molecule has 1 saturated carbocycles. The lowest BCUT2D eigenvalue weighted by Gasteiger charge is -2.34. The number of nitrogens with one attached hydrogen (secondary N) is 3. The van der Waals surface area contributed by atoms with Gasteiger partial charge in [0.05, 0.1) is 16.1 Å². The molecular formula is C25H32Cl3N7O2S. The van der Waals surface area contributed by atoms with Gasteiger partial charge in [-0.2, -0.15) is 0 Å². The van der Waals surface area contributed by atoms with Gasteiger partial charge in [-0.25, -0.2) is 14.8 Å². The molecule has 2 fully saturated rings. The maximum Gasteiger partial charge on any atom is 0.317 e. The molecule has 3 heterocycles. The van der Waals surface area contributed by atoms with Crippen LogP contribution in [0.4, 0.5) is 10.7 Å². The van der Waals surface area contributed by atoms with Gasteiger partial charge >= 0.3 is 6.03 Å². The number of halogens is 3. The summed E-state index contributed by atoms with van der Waals surface area (Å²) in [5.74, 6) is 0.502. The quantitative estimate of drug-likeness (QED) is 0.329. The van der Waals surface area contributed by atoms with Crippen molar-refractivity contribution in [2.45, 2.75) is 25.3 Å². The highest BCUT2D eigenvalue weighted by molar-refractivity contribution is 7.22. The Balaban J connectivity index is 0.00000200. The zero-order chi connectivity index (χ0) is 25.1. The van der Waals surface area contributed by atoms with Crippen LogP contribution in [0.3, 0.4) is 0 Å². The van der Waals surface area contributed by atoms with E-state index < -0.39 is 0 Å². The summed E-state index contributed by atoms with van der Waals surface area (Å²) in [7, 11) is 1.66. The molecule has 206 valence electrons. The van der Waals surface area contributed by atoms with Crippen LogP contribution >= 0.6 is 47.8 Å². The van der Waals surface area contributed by atoms with Gasteiger partial charge in [0, 0.05) is 61.5 Å². The molecule has 3 N–H and O–H groups in total. The minimum Gasteiger partial charge on any atom is -0.354 e. The number of hydrogen-bond acceptors (Lipinski definition) is 7. The molecule has 5 rings (SSSR count). The zero-order valence-corrected chi connectivity index (χ0v) is 24.2. The number of nitrogens with zero attached hydrogens (tertiary/aromatic N) is 4. The number of carbonyl (C=O) groups excluding carboxylic acids is 2. The van der Waals surface area contributed by atoms with Crippen LogP contribution in [-0.2, 0) is 0 Å². The summed E-state index contributed by atoms with van der Waals surface area (Å²) in [6.07, 6.45) is 4.66. The Bertz CT molecular complexity index is 1260. The van der Waals surface area contributed by atoms with E-state index in [9.17, 15) is 9.59 Å². The average Bonchev–Trinajstić information content (AvgIpc) is 3.61. The SMILES string of the molecule is CNC(=O)N1CCN(CCCNc2ncc(Cl)c(-c3cc4c(C(=O)NC5CC5)cccc4s3)n2)CC1.Cl.Cl. The van der Waals surface area contributed by atoms with Gasteiger partial charge in [-0.15, -0.1) is 36.2 Å². The molecule has 9 nitrogen and oxygen atoms in total. The van der Waals surface area contributed by atoms with Crippen LogP contribution in [0.15, 0.2) is 30.5 Å². The fourth-order valence-electron chi connectivity index (χ4n) is 4.33. The van der Waals surface area contributed by atoms with E-state index in [1.165, 1.54) is 0 Å². The number of benzene rings is 1. The molecule has 13 heteroatoms. The van der Waals surface area contributed by atoms with Gasteiger partial charge in [-0.3, -0.25) is 9.69 Å². The van der Waals surface area contributed by atoms with Crippen LogP contribution in [0, 0.1) is 0 Å². The number of piperazine rings is 1. The fourth-order valence-corrected chi connectivity index (χ4v) is 5.67. The van der Waals surface area contributed by atoms with E-state index in [0.29, 0.717) is 28.3 Å². The van der Waals surface area contributed by atoms with Crippen molar-refractivity contribution in [2.24, 2.45) is 0 Å². The number of amides is 3. The smallest absolute Gasteiger partial charge is 0.317 e. The lowest BCUT2D eigenvalue weighted by atomic mass is 10.1. The zero-order valence-electron chi connectivity index (χ0n) is 21.0. The van der Waals surface area contributed by atoms with Crippen LogP contribution in [0.25, 0.3) is 20.7 Å². The van der Waals surface area contributed by atoms with E-state index >= 15 is 0 Å². The normalized spacial score (nSPS) is 15.4. The monoisotopic (exact) mass is 599 g/mol. The van der Waals surface area contributed by atoms with E-state index in [2.05, 4.69) is 30.8 Å². The average molecular weight is 601 g/mol. The number of rotatable bonds is 8. The Morgan fingerprint density at radius 2 is 1.92 bits per heavy atom. The largest absolute Gasteiger partial charge is 0.354 e. The van der Waals surface area contributed by atoms with E-state index in [0.717, 1.165) is 73.5 Å². The van der Waals surface area contributed by atoms with Crippen molar-refractivity contribution < 1.29 is 9.59 Å². The third kappa shape index (κ3) is 7.18. The van der Waals surface area contributed by atoms with Crippen LogP contribution in [0.1, 0.15) is 29.6 Å². The van der Waals surface area contributed by atoms with Crippen molar-refractivity contribution in [1.29, 1.82) is 0 Å². The molecule has 0 radical (unpaired) electrons. The van der Waals surface area contributed by atoms with Gasteiger partial charge in [0.1, 0.15) is 5.69 Å². The standard InChI is InChI=1S/C25H30ClN7O2S.2ClH/c1-27-25(35)33-12-10-32(11-13-33)9-3-8-28-24-29-15-19(26)22(31-24)21-14-18-17(4-2-5-20(18)36-21)23(34)30-16-6-7-16;;/h2,4-5,14-16H,3,6-13H2,1H3,(H,27,35)(H,30,34)(H,28,29,31);2*1H. The summed E-state index contributed by atoms with van der Waals surface area (Å²) in [4.78, 5) is 38.6. The second-order valence-corrected chi connectivity index (χ2v) is 10.6. The number of fused-ring (bicyclic) bond motifs is 1. The van der Waals surface area contributed by atoms with E-state index in [1.807, 2.05) is 29.2 Å². The number of thiophene rings is 1. The van der Waals surface area contributed by atoms with E-state index in [1.54, 1.807) is 24.6 Å². The van der Waals surface area contributed by atoms with Gasteiger partial charge in [-0.05, 0) is 44.0 Å². The number of hydrogen-bond donors (Lipinski definition) is 3. The minimum absolute atomic E-state index is 0. The summed E-state index contributed by atoms with van der Waals surface area (Å²) in [6, 6.07) is 8.09. The van der Waals surface area contributed by atoms with Gasteiger partial charge in [0.25, 0.3) is 5.91 Å². The fraction of sp³-hybridized carbons (Fsp3) is 0.440. The summed E-state index contributed by atoms with van der Waals surface area (Å²) >= 11 is 8.05. The number of urea groups is 1. The van der Waals surface area contributed by atoms with Crippen molar-refractivity contribution in [2.75, 3.05) is 51.6 Å². The first-order valence-corrected chi connectivity index (χ1v) is 13.5. The first kappa shape index (κ1) is 30.2. The van der Waals surface area contributed by atoms with Crippen LogP contribution in [0.5, 0.6) is 0 Å². The minimum atomic E-state index is -0.0290. The maximum absolute atomic E-state index is 12.7. The van der Waals surface area contributed by atoms with Crippen LogP contribution in [0.2, 0.25) is 5.02 Å². The highest BCUT2D eigenvalue weighted by Gasteiger charge is 2.25. The lowest BCUT2D eigenvalue weighted by Crippen LogP contribution is -2.51. The van der Waals surface area contributed by atoms with Crippen molar-refractivity contribution in [3.63, 3.8) is 0 Å². The second kappa shape index (κ2) is 13.6. The Hall–Kier alpha value is -2.37. The molecule has 1 aliphatic carbocycles. The Labute approximate surface area is 243 Å². The molecule has 0 atom stereocenters. The molecule has 3 aromatic rings. The van der Waals surface area contributed by atoms with Gasteiger partial charge in [-0.1, -0.05) is 17.7 Å². The maximum atomic E-state index is 12.7. The number of aromatic nitrogens is 2. The highest BCUT2D eigenvalue weighted by Crippen LogP contribution is 2.37. The first-order chi connectivity index (χ1) is 17.5. The molecule has 1 aliphatic heterocycles. The van der Waals surface area contributed by atoms with Gasteiger partial charge < -0.3 is 20.9 Å². The number of anilines is 1. The summed E-state index contributed by atoms with van der Waals surface area (Å²) in [6.45, 7) is 4.92. The third-order valence-corrected chi connectivity index (χ3v) is 7.89. The molecule has 3 amide bonds. The highest BCUT2D eigenvalue weighted by atomic mass is 35.5. The molecule has 2 aromatic heterocycles. The summed E-state index contributed by atoms with van der Waals surface area (Å²) < 4.78 is 1.02. The van der Waals surface area contributed by atoms with Gasteiger partial charge in [0.15, 0.2) is 0 Å². The molecule has 0 spiro atoms. The summed E-state index contributed by atoms with van der Waals surface area (Å²) in [5.41, 5.74) is 1.34. The summed E-state index contributed by atoms with van der Waals surface area (Å²) in [5, 5.41) is 10.5. The lowest BCUT2D eigenvalue weighted by molar-refractivity contribution is 0.0952. The Morgan fingerprint density at radius 1 is 1.16 bits per heavy atom. The molecule has 38 heavy (non-hydrogen) atoms. The van der Waals surface area contributed by atoms with Crippen molar-refractivity contribution in [1.82, 2.24) is 30.4 Å². The number of carbonyl (C=O) groups is 2. The van der Waals surface area contributed by atoms with Crippen molar-refractivity contribution in [3.05, 3.63) is 41.0 Å².